The molecule has 1 heterocycles. The number of aryl methyl sites for hydroxylation is 1. The lowest BCUT2D eigenvalue weighted by atomic mass is 10.1. The van der Waals surface area contributed by atoms with Gasteiger partial charge in [0.05, 0.1) is 11.4 Å². The summed E-state index contributed by atoms with van der Waals surface area (Å²) in [4.78, 5) is 0. The van der Waals surface area contributed by atoms with Gasteiger partial charge in [0.1, 0.15) is 0 Å². The molecule has 0 fully saturated rings. The van der Waals surface area contributed by atoms with Crippen LogP contribution >= 0.6 is 15.9 Å². The number of rotatable bonds is 3. The second-order valence-corrected chi connectivity index (χ2v) is 5.01. The van der Waals surface area contributed by atoms with Crippen LogP contribution < -0.4 is 5.32 Å². The maximum Gasteiger partial charge on any atom is 0.0797 e. The fourth-order valence-corrected chi connectivity index (χ4v) is 2.00. The normalized spacial score (nSPS) is 12.7. The third kappa shape index (κ3) is 2.58. The van der Waals surface area contributed by atoms with Crippen LogP contribution in [0.15, 0.2) is 34.8 Å². The smallest absolute Gasteiger partial charge is 0.0797 e. The van der Waals surface area contributed by atoms with E-state index in [0.29, 0.717) is 0 Å². The summed E-state index contributed by atoms with van der Waals surface area (Å²) in [5, 5.41) is 7.72. The number of hydrogen-bond donors (Lipinski definition) is 1. The van der Waals surface area contributed by atoms with E-state index in [-0.39, 0.29) is 6.04 Å². The minimum atomic E-state index is 0.269. The first-order valence-electron chi connectivity index (χ1n) is 5.59. The molecule has 0 aliphatic heterocycles. The van der Waals surface area contributed by atoms with Gasteiger partial charge in [-0.3, -0.25) is 4.68 Å². The van der Waals surface area contributed by atoms with Crippen LogP contribution in [0.4, 0.5) is 0 Å². The van der Waals surface area contributed by atoms with Crippen molar-refractivity contribution in [1.29, 1.82) is 0 Å². The highest BCUT2D eigenvalue weighted by Crippen LogP contribution is 2.24. The van der Waals surface area contributed by atoms with Crippen LogP contribution in [-0.2, 0) is 7.05 Å². The van der Waals surface area contributed by atoms with E-state index in [9.17, 15) is 0 Å². The molecular formula is C13H16BrN3. The van der Waals surface area contributed by atoms with Gasteiger partial charge in [-0.2, -0.15) is 5.10 Å². The Kier molecular flexibility index (Phi) is 3.64. The van der Waals surface area contributed by atoms with Gasteiger partial charge < -0.3 is 5.32 Å². The van der Waals surface area contributed by atoms with E-state index in [1.54, 1.807) is 0 Å². The molecule has 1 atom stereocenters. The van der Waals surface area contributed by atoms with Gasteiger partial charge >= 0.3 is 0 Å². The molecule has 1 N–H and O–H groups in total. The van der Waals surface area contributed by atoms with Crippen molar-refractivity contribution in [2.45, 2.75) is 13.0 Å². The first kappa shape index (κ1) is 12.3. The fourth-order valence-electron chi connectivity index (χ4n) is 1.74. The maximum atomic E-state index is 4.52. The molecular weight excluding hydrogens is 278 g/mol. The summed E-state index contributed by atoms with van der Waals surface area (Å²) < 4.78 is 3.01. The third-order valence-corrected chi connectivity index (χ3v) is 3.44. The Morgan fingerprint density at radius 2 is 1.94 bits per heavy atom. The Bertz CT molecular complexity index is 502. The predicted octanol–water partition coefficient (Wildman–Crippen LogP) is 3.13. The molecule has 0 aliphatic carbocycles. The highest BCUT2D eigenvalue weighted by atomic mass is 79.9. The summed E-state index contributed by atoms with van der Waals surface area (Å²) in [6, 6.07) is 10.7. The van der Waals surface area contributed by atoms with Gasteiger partial charge in [0.2, 0.25) is 0 Å². The predicted molar refractivity (Wildman–Crippen MR) is 73.8 cm³/mol. The van der Waals surface area contributed by atoms with Gasteiger partial charge in [0.25, 0.3) is 0 Å². The molecule has 0 bridgehead atoms. The molecule has 17 heavy (non-hydrogen) atoms. The van der Waals surface area contributed by atoms with E-state index in [1.165, 1.54) is 5.56 Å². The molecule has 1 aromatic carbocycles. The lowest BCUT2D eigenvalue weighted by molar-refractivity contribution is 0.612. The molecule has 0 saturated heterocycles. The van der Waals surface area contributed by atoms with Crippen molar-refractivity contribution in [1.82, 2.24) is 15.1 Å². The average Bonchev–Trinajstić information content (AvgIpc) is 2.71. The lowest BCUT2D eigenvalue weighted by Crippen LogP contribution is -2.13. The van der Waals surface area contributed by atoms with Gasteiger partial charge in [0.15, 0.2) is 0 Å². The Morgan fingerprint density at radius 3 is 2.53 bits per heavy atom. The Balaban J connectivity index is 2.39. The number of nitrogens with one attached hydrogen (secondary N) is 1. The fraction of sp³-hybridized carbons (Fsp3) is 0.308. The van der Waals surface area contributed by atoms with Crippen molar-refractivity contribution < 1.29 is 0 Å². The Morgan fingerprint density at radius 1 is 1.29 bits per heavy atom. The van der Waals surface area contributed by atoms with Crippen LogP contribution in [0.1, 0.15) is 18.7 Å². The van der Waals surface area contributed by atoms with Gasteiger partial charge in [-0.05, 0) is 37.7 Å². The standard InChI is InChI=1S/C13H16BrN3/c1-9(15-2)12-8-13(17(3)16-12)10-4-6-11(14)7-5-10/h4-9,15H,1-3H3. The van der Waals surface area contributed by atoms with Gasteiger partial charge in [0, 0.05) is 17.6 Å². The third-order valence-electron chi connectivity index (χ3n) is 2.92. The lowest BCUT2D eigenvalue weighted by Gasteiger charge is -2.04. The highest BCUT2D eigenvalue weighted by Gasteiger charge is 2.11. The zero-order valence-corrected chi connectivity index (χ0v) is 11.8. The topological polar surface area (TPSA) is 29.9 Å². The SMILES string of the molecule is CNC(C)c1cc(-c2ccc(Br)cc2)n(C)n1. The molecule has 2 aromatic rings. The van der Waals surface area contributed by atoms with Crippen LogP contribution in [0.25, 0.3) is 11.3 Å². The van der Waals surface area contributed by atoms with Crippen molar-refractivity contribution in [3.8, 4) is 11.3 Å². The first-order valence-corrected chi connectivity index (χ1v) is 6.38. The monoisotopic (exact) mass is 293 g/mol. The summed E-state index contributed by atoms with van der Waals surface area (Å²) in [7, 11) is 3.92. The Labute approximate surface area is 110 Å². The molecule has 0 spiro atoms. The summed E-state index contributed by atoms with van der Waals surface area (Å²) in [5.41, 5.74) is 3.38. The van der Waals surface area contributed by atoms with Crippen LogP contribution in [0.3, 0.4) is 0 Å². The van der Waals surface area contributed by atoms with E-state index in [1.807, 2.05) is 30.9 Å². The van der Waals surface area contributed by atoms with Crippen molar-refractivity contribution in [2.75, 3.05) is 7.05 Å². The molecule has 3 nitrogen and oxygen atoms in total. The van der Waals surface area contributed by atoms with E-state index in [4.69, 9.17) is 0 Å². The van der Waals surface area contributed by atoms with Crippen molar-refractivity contribution in [3.05, 3.63) is 40.5 Å². The number of aromatic nitrogens is 2. The minimum absolute atomic E-state index is 0.269. The first-order chi connectivity index (χ1) is 8.11. The molecule has 0 saturated carbocycles. The largest absolute Gasteiger partial charge is 0.312 e. The van der Waals surface area contributed by atoms with Crippen molar-refractivity contribution in [2.24, 2.45) is 7.05 Å². The molecule has 90 valence electrons. The molecule has 0 radical (unpaired) electrons. The zero-order chi connectivity index (χ0) is 12.4. The molecule has 4 heteroatoms. The van der Waals surface area contributed by atoms with Crippen LogP contribution in [0.2, 0.25) is 0 Å². The quantitative estimate of drug-likeness (QED) is 0.942. The van der Waals surface area contributed by atoms with Gasteiger partial charge in [-0.25, -0.2) is 0 Å². The summed E-state index contributed by atoms with van der Waals surface area (Å²) in [6.07, 6.45) is 0. The number of benzene rings is 1. The van der Waals surface area contributed by atoms with Crippen molar-refractivity contribution in [3.63, 3.8) is 0 Å². The average molecular weight is 294 g/mol. The summed E-state index contributed by atoms with van der Waals surface area (Å²) in [6.45, 7) is 2.10. The van der Waals surface area contributed by atoms with Crippen LogP contribution in [0.5, 0.6) is 0 Å². The van der Waals surface area contributed by atoms with E-state index >= 15 is 0 Å². The molecule has 1 aromatic heterocycles. The highest BCUT2D eigenvalue weighted by molar-refractivity contribution is 9.10. The number of hydrogen-bond acceptors (Lipinski definition) is 2. The minimum Gasteiger partial charge on any atom is -0.312 e. The van der Waals surface area contributed by atoms with E-state index in [0.717, 1.165) is 15.9 Å². The molecule has 0 amide bonds. The Hall–Kier alpha value is -1.13. The van der Waals surface area contributed by atoms with Gasteiger partial charge in [-0.15, -0.1) is 0 Å². The molecule has 2 rings (SSSR count). The zero-order valence-electron chi connectivity index (χ0n) is 10.2. The summed E-state index contributed by atoms with van der Waals surface area (Å²) >= 11 is 3.44. The second kappa shape index (κ2) is 5.02. The second-order valence-electron chi connectivity index (χ2n) is 4.10. The number of halogens is 1. The van der Waals surface area contributed by atoms with Crippen LogP contribution in [0, 0.1) is 0 Å². The molecule has 0 aliphatic rings. The van der Waals surface area contributed by atoms with Crippen LogP contribution in [-0.4, -0.2) is 16.8 Å². The van der Waals surface area contributed by atoms with Crippen molar-refractivity contribution >= 4 is 15.9 Å². The molecule has 1 unspecified atom stereocenters. The van der Waals surface area contributed by atoms with E-state index < -0.39 is 0 Å². The maximum absolute atomic E-state index is 4.52. The van der Waals surface area contributed by atoms with E-state index in [2.05, 4.69) is 51.5 Å². The number of nitrogens with zero attached hydrogens (tertiary/aromatic N) is 2. The van der Waals surface area contributed by atoms with Gasteiger partial charge in [-0.1, -0.05) is 28.1 Å². The summed E-state index contributed by atoms with van der Waals surface area (Å²) in [5.74, 6) is 0.